The minimum Gasteiger partial charge on any atom is -0.346 e. The zero-order valence-corrected chi connectivity index (χ0v) is 19.7. The van der Waals surface area contributed by atoms with E-state index >= 15 is 0 Å². The number of halogens is 8. The molecule has 3 rings (SSSR count). The van der Waals surface area contributed by atoms with E-state index in [0.29, 0.717) is 16.2 Å². The number of benzene rings is 2. The third-order valence-electron chi connectivity index (χ3n) is 5.00. The number of rotatable bonds is 7. The molecule has 1 amide bonds. The van der Waals surface area contributed by atoms with Crippen LogP contribution in [0.25, 0.3) is 0 Å². The quantitative estimate of drug-likeness (QED) is 0.307. The second-order valence-electron chi connectivity index (χ2n) is 7.38. The molecule has 0 saturated carbocycles. The summed E-state index contributed by atoms with van der Waals surface area (Å²) in [6, 6.07) is 9.09. The lowest BCUT2D eigenvalue weighted by Gasteiger charge is -2.28. The van der Waals surface area contributed by atoms with Crippen molar-refractivity contribution in [1.29, 1.82) is 0 Å². The number of alkyl halides is 5. The van der Waals surface area contributed by atoms with Gasteiger partial charge in [-0.3, -0.25) is 9.79 Å². The van der Waals surface area contributed by atoms with E-state index in [9.17, 15) is 26.7 Å². The summed E-state index contributed by atoms with van der Waals surface area (Å²) in [7, 11) is 0. The monoisotopic (exact) mass is 544 g/mol. The van der Waals surface area contributed by atoms with E-state index in [1.165, 1.54) is 24.3 Å². The van der Waals surface area contributed by atoms with Crippen molar-refractivity contribution in [1.82, 2.24) is 5.32 Å². The normalized spacial score (nSPS) is 18.5. The standard InChI is InChI=1S/C21H16Cl3F5N2OS/c22-13-4-12(5-14(23)6-13)20(19(25)26)7-16(30-9-20)11-1-2-17(15(24)3-11)33-8-18(32)31-10-21(27,28)29/h1-6,19H,7-10H2,(H,31,32). The smallest absolute Gasteiger partial charge is 0.346 e. The predicted molar refractivity (Wildman–Crippen MR) is 121 cm³/mol. The first-order valence-electron chi connectivity index (χ1n) is 9.44. The van der Waals surface area contributed by atoms with Gasteiger partial charge in [0.15, 0.2) is 0 Å². The number of thioether (sulfide) groups is 1. The van der Waals surface area contributed by atoms with Crippen LogP contribution in [-0.2, 0) is 10.2 Å². The van der Waals surface area contributed by atoms with Gasteiger partial charge in [0, 0.05) is 27.1 Å². The van der Waals surface area contributed by atoms with Crippen LogP contribution in [0.3, 0.4) is 0 Å². The van der Waals surface area contributed by atoms with Crippen LogP contribution in [0.4, 0.5) is 22.0 Å². The molecule has 2 aromatic carbocycles. The third-order valence-corrected chi connectivity index (χ3v) is 6.93. The maximum atomic E-state index is 14.2. The summed E-state index contributed by atoms with van der Waals surface area (Å²) < 4.78 is 64.9. The fraction of sp³-hybridized carbons (Fsp3) is 0.333. The summed E-state index contributed by atoms with van der Waals surface area (Å²) in [6.45, 7) is -1.58. The van der Waals surface area contributed by atoms with Gasteiger partial charge in [0.1, 0.15) is 6.54 Å². The number of carbonyl (C=O) groups is 1. The van der Waals surface area contributed by atoms with Crippen LogP contribution in [0.5, 0.6) is 0 Å². The summed E-state index contributed by atoms with van der Waals surface area (Å²) in [5, 5.41) is 2.49. The van der Waals surface area contributed by atoms with Crippen LogP contribution < -0.4 is 5.32 Å². The van der Waals surface area contributed by atoms with Gasteiger partial charge >= 0.3 is 6.18 Å². The average molecular weight is 546 g/mol. The highest BCUT2D eigenvalue weighted by Crippen LogP contribution is 2.42. The highest BCUT2D eigenvalue weighted by Gasteiger charge is 2.46. The van der Waals surface area contributed by atoms with Crippen molar-refractivity contribution < 1.29 is 26.7 Å². The topological polar surface area (TPSA) is 41.5 Å². The van der Waals surface area contributed by atoms with Crippen LogP contribution in [0.2, 0.25) is 15.1 Å². The molecule has 1 aliphatic rings. The lowest BCUT2D eigenvalue weighted by molar-refractivity contribution is -0.136. The summed E-state index contributed by atoms with van der Waals surface area (Å²) >= 11 is 19.2. The second-order valence-corrected chi connectivity index (χ2v) is 9.68. The molecule has 2 aromatic rings. The van der Waals surface area contributed by atoms with E-state index in [4.69, 9.17) is 34.8 Å². The first-order valence-corrected chi connectivity index (χ1v) is 11.6. The number of nitrogens with one attached hydrogen (secondary N) is 1. The van der Waals surface area contributed by atoms with E-state index in [2.05, 4.69) is 4.99 Å². The molecule has 1 heterocycles. The Balaban J connectivity index is 1.72. The largest absolute Gasteiger partial charge is 0.405 e. The minimum atomic E-state index is -4.49. The number of hydrogen-bond donors (Lipinski definition) is 1. The third kappa shape index (κ3) is 6.53. The molecule has 178 valence electrons. The van der Waals surface area contributed by atoms with Crippen LogP contribution in [-0.4, -0.2) is 43.1 Å². The summed E-state index contributed by atoms with van der Waals surface area (Å²) in [6.07, 6.45) is -7.29. The van der Waals surface area contributed by atoms with Crippen molar-refractivity contribution in [2.45, 2.75) is 29.3 Å². The SMILES string of the molecule is O=C(CSc1ccc(C2=NCC(c3cc(Cl)cc(Cl)c3)(C(F)F)C2)cc1Cl)NCC(F)(F)F. The number of hydrogen-bond acceptors (Lipinski definition) is 3. The van der Waals surface area contributed by atoms with Gasteiger partial charge in [0.05, 0.1) is 22.7 Å². The molecule has 1 atom stereocenters. The van der Waals surface area contributed by atoms with Crippen LogP contribution in [0, 0.1) is 0 Å². The van der Waals surface area contributed by atoms with E-state index in [1.807, 2.05) is 0 Å². The van der Waals surface area contributed by atoms with E-state index in [0.717, 1.165) is 11.8 Å². The molecule has 33 heavy (non-hydrogen) atoms. The fourth-order valence-electron chi connectivity index (χ4n) is 3.34. The Morgan fingerprint density at radius 3 is 2.36 bits per heavy atom. The lowest BCUT2D eigenvalue weighted by atomic mass is 9.77. The minimum absolute atomic E-state index is 0.0655. The van der Waals surface area contributed by atoms with Crippen LogP contribution >= 0.6 is 46.6 Å². The van der Waals surface area contributed by atoms with Gasteiger partial charge in [-0.25, -0.2) is 8.78 Å². The Morgan fingerprint density at radius 1 is 1.12 bits per heavy atom. The molecule has 0 aromatic heterocycles. The first kappa shape index (κ1) is 26.1. The molecule has 0 saturated heterocycles. The highest BCUT2D eigenvalue weighted by molar-refractivity contribution is 8.00. The van der Waals surface area contributed by atoms with Gasteiger partial charge in [-0.1, -0.05) is 40.9 Å². The van der Waals surface area contributed by atoms with Gasteiger partial charge < -0.3 is 5.32 Å². The van der Waals surface area contributed by atoms with Crippen molar-refractivity contribution in [3.05, 3.63) is 62.6 Å². The molecule has 12 heteroatoms. The summed E-state index contributed by atoms with van der Waals surface area (Å²) in [5.41, 5.74) is -0.341. The van der Waals surface area contributed by atoms with Gasteiger partial charge in [0.2, 0.25) is 12.3 Å². The van der Waals surface area contributed by atoms with Crippen molar-refractivity contribution in [3.8, 4) is 0 Å². The molecular weight excluding hydrogens is 530 g/mol. The number of carbonyl (C=O) groups excluding carboxylic acids is 1. The maximum absolute atomic E-state index is 14.2. The first-order chi connectivity index (χ1) is 15.4. The van der Waals surface area contributed by atoms with Gasteiger partial charge in [-0.05, 0) is 41.5 Å². The summed E-state index contributed by atoms with van der Waals surface area (Å²) in [5.74, 6) is -1.06. The van der Waals surface area contributed by atoms with Crippen LogP contribution in [0.1, 0.15) is 17.5 Å². The van der Waals surface area contributed by atoms with Gasteiger partial charge in [-0.2, -0.15) is 13.2 Å². The molecule has 1 N–H and O–H groups in total. The molecule has 3 nitrogen and oxygen atoms in total. The Kier molecular flexibility index (Phi) is 8.19. The Labute approximate surface area is 205 Å². The molecular formula is C21H16Cl3F5N2OS. The second kappa shape index (κ2) is 10.4. The Bertz CT molecular complexity index is 1060. The average Bonchev–Trinajstić information content (AvgIpc) is 3.17. The molecule has 0 bridgehead atoms. The number of aliphatic imine (C=N–C) groups is 1. The predicted octanol–water partition coefficient (Wildman–Crippen LogP) is 6.81. The van der Waals surface area contributed by atoms with Crippen molar-refractivity contribution in [2.75, 3.05) is 18.8 Å². The zero-order valence-electron chi connectivity index (χ0n) is 16.7. The van der Waals surface area contributed by atoms with E-state index in [1.54, 1.807) is 17.4 Å². The maximum Gasteiger partial charge on any atom is 0.405 e. The molecule has 0 spiro atoms. The summed E-state index contributed by atoms with van der Waals surface area (Å²) in [4.78, 5) is 16.4. The van der Waals surface area contributed by atoms with E-state index in [-0.39, 0.29) is 39.3 Å². The van der Waals surface area contributed by atoms with Gasteiger partial charge in [0.25, 0.3) is 0 Å². The zero-order chi connectivity index (χ0) is 24.4. The highest BCUT2D eigenvalue weighted by atomic mass is 35.5. The lowest BCUT2D eigenvalue weighted by Crippen LogP contribution is -2.36. The molecule has 0 fully saturated rings. The Morgan fingerprint density at radius 2 is 1.79 bits per heavy atom. The van der Waals surface area contributed by atoms with Crippen molar-refractivity contribution >= 4 is 58.2 Å². The molecule has 1 unspecified atom stereocenters. The number of nitrogens with zero attached hydrogens (tertiary/aromatic N) is 1. The van der Waals surface area contributed by atoms with Crippen molar-refractivity contribution in [2.24, 2.45) is 4.99 Å². The van der Waals surface area contributed by atoms with Gasteiger partial charge in [-0.15, -0.1) is 11.8 Å². The fourth-order valence-corrected chi connectivity index (χ4v) is 4.96. The van der Waals surface area contributed by atoms with Crippen molar-refractivity contribution in [3.63, 3.8) is 0 Å². The molecule has 1 aliphatic heterocycles. The number of amides is 1. The van der Waals surface area contributed by atoms with E-state index < -0.39 is 30.5 Å². The Hall–Kier alpha value is -1.55. The van der Waals surface area contributed by atoms with Crippen LogP contribution in [0.15, 0.2) is 46.3 Å². The molecule has 0 aliphatic carbocycles. The molecule has 0 radical (unpaired) electrons.